The molecule has 6 unspecified atom stereocenters. The molecule has 1 spiro atoms. The molecule has 0 aromatic heterocycles. The van der Waals surface area contributed by atoms with Gasteiger partial charge in [-0.2, -0.15) is 0 Å². The molecule has 240 valence electrons. The predicted octanol–water partition coefficient (Wildman–Crippen LogP) is 10.3. The van der Waals surface area contributed by atoms with E-state index >= 15 is 0 Å². The zero-order valence-corrected chi connectivity index (χ0v) is 30.2. The first-order valence-electron chi connectivity index (χ1n) is 16.2. The van der Waals surface area contributed by atoms with Crippen LogP contribution < -0.4 is 0 Å². The molecule has 6 atom stereocenters. The van der Waals surface area contributed by atoms with Crippen LogP contribution in [0.4, 0.5) is 0 Å². The summed E-state index contributed by atoms with van der Waals surface area (Å²) in [6, 6.07) is 0. The summed E-state index contributed by atoms with van der Waals surface area (Å²) < 4.78 is 38.4. The largest absolute Gasteiger partial charge is 0.332 e. The van der Waals surface area contributed by atoms with E-state index in [0.717, 1.165) is 12.8 Å². The second-order valence-electron chi connectivity index (χ2n) is 18.0. The minimum absolute atomic E-state index is 0.163. The standard InChI is InChI=1S/C33H62O6P2/c1-29(2,3)23-13-15-25(31(7,8)9)27(17-23)38-40-34-19-33(20-35-40)21-36-41(37-22-33)39-28-18-24(30(4,5)6)14-16-26(28)32(10,11)12/h23-28H,13-22H2,1-12H3. The van der Waals surface area contributed by atoms with E-state index in [2.05, 4.69) is 83.1 Å². The summed E-state index contributed by atoms with van der Waals surface area (Å²) >= 11 is 0. The molecule has 2 aliphatic heterocycles. The van der Waals surface area contributed by atoms with Crippen molar-refractivity contribution in [2.45, 2.75) is 134 Å². The Morgan fingerprint density at radius 2 is 0.805 bits per heavy atom. The van der Waals surface area contributed by atoms with Crippen molar-refractivity contribution in [2.24, 2.45) is 50.7 Å². The Hall–Kier alpha value is 0.620. The molecule has 4 fully saturated rings. The third kappa shape index (κ3) is 8.88. The van der Waals surface area contributed by atoms with Crippen LogP contribution in [0.3, 0.4) is 0 Å². The summed E-state index contributed by atoms with van der Waals surface area (Å²) in [4.78, 5) is 0. The summed E-state index contributed by atoms with van der Waals surface area (Å²) in [6.45, 7) is 30.4. The van der Waals surface area contributed by atoms with Gasteiger partial charge in [0, 0.05) is 0 Å². The van der Waals surface area contributed by atoms with Crippen LogP contribution in [0.15, 0.2) is 0 Å². The molecular formula is C33H62O6P2. The van der Waals surface area contributed by atoms with Crippen molar-refractivity contribution in [3.8, 4) is 0 Å². The number of rotatable bonds is 4. The minimum Gasteiger partial charge on any atom is -0.311 e. The Balaban J connectivity index is 1.30. The lowest BCUT2D eigenvalue weighted by Crippen LogP contribution is -2.46. The predicted molar refractivity (Wildman–Crippen MR) is 169 cm³/mol. The fraction of sp³-hybridized carbons (Fsp3) is 1.00. The highest BCUT2D eigenvalue weighted by Gasteiger charge is 2.49. The molecule has 41 heavy (non-hydrogen) atoms. The smallest absolute Gasteiger partial charge is 0.311 e. The average Bonchev–Trinajstić information content (AvgIpc) is 2.84. The molecular weight excluding hydrogens is 554 g/mol. The van der Waals surface area contributed by atoms with E-state index in [-0.39, 0.29) is 39.3 Å². The van der Waals surface area contributed by atoms with Gasteiger partial charge in [0.2, 0.25) is 0 Å². The summed E-state index contributed by atoms with van der Waals surface area (Å²) in [7, 11) is -2.74. The molecule has 2 saturated carbocycles. The molecule has 0 aromatic carbocycles. The quantitative estimate of drug-likeness (QED) is 0.293. The molecule has 4 rings (SSSR count). The summed E-state index contributed by atoms with van der Waals surface area (Å²) in [5, 5.41) is 0. The highest BCUT2D eigenvalue weighted by atomic mass is 31.2. The van der Waals surface area contributed by atoms with Gasteiger partial charge in [-0.25, -0.2) is 0 Å². The highest BCUT2D eigenvalue weighted by molar-refractivity contribution is 7.42. The van der Waals surface area contributed by atoms with Crippen LogP contribution in [0.25, 0.3) is 0 Å². The van der Waals surface area contributed by atoms with Crippen molar-refractivity contribution >= 4 is 17.2 Å². The van der Waals surface area contributed by atoms with Crippen LogP contribution in [-0.4, -0.2) is 38.6 Å². The van der Waals surface area contributed by atoms with Crippen LogP contribution in [0.2, 0.25) is 0 Å². The zero-order valence-electron chi connectivity index (χ0n) is 28.4. The van der Waals surface area contributed by atoms with Crippen LogP contribution in [-0.2, 0) is 27.1 Å². The number of hydrogen-bond acceptors (Lipinski definition) is 6. The topological polar surface area (TPSA) is 55.4 Å². The fourth-order valence-electron chi connectivity index (χ4n) is 7.47. The van der Waals surface area contributed by atoms with Crippen molar-refractivity contribution in [3.63, 3.8) is 0 Å². The first kappa shape index (κ1) is 34.5. The molecule has 8 heteroatoms. The van der Waals surface area contributed by atoms with Gasteiger partial charge in [-0.15, -0.1) is 0 Å². The molecule has 0 N–H and O–H groups in total. The highest BCUT2D eigenvalue weighted by Crippen LogP contribution is 2.58. The molecule has 4 aliphatic rings. The van der Waals surface area contributed by atoms with E-state index in [4.69, 9.17) is 27.1 Å². The Kier molecular flexibility index (Phi) is 10.8. The summed E-state index contributed by atoms with van der Waals surface area (Å²) in [5.74, 6) is 2.31. The van der Waals surface area contributed by atoms with Crippen LogP contribution in [0, 0.1) is 50.7 Å². The van der Waals surface area contributed by atoms with Crippen LogP contribution >= 0.6 is 17.2 Å². The molecule has 2 heterocycles. The molecule has 6 nitrogen and oxygen atoms in total. The second kappa shape index (κ2) is 12.8. The van der Waals surface area contributed by atoms with Crippen molar-refractivity contribution in [3.05, 3.63) is 0 Å². The maximum atomic E-state index is 6.65. The number of hydrogen-bond donors (Lipinski definition) is 0. The Morgan fingerprint density at radius 3 is 1.07 bits per heavy atom. The molecule has 0 bridgehead atoms. The van der Waals surface area contributed by atoms with Gasteiger partial charge in [0.1, 0.15) is 0 Å². The third-order valence-electron chi connectivity index (χ3n) is 10.6. The summed E-state index contributed by atoms with van der Waals surface area (Å²) in [5.41, 5.74) is 0.660. The van der Waals surface area contributed by atoms with E-state index < -0.39 is 17.2 Å². The van der Waals surface area contributed by atoms with Crippen molar-refractivity contribution in [2.75, 3.05) is 26.4 Å². The van der Waals surface area contributed by atoms with E-state index in [1.54, 1.807) is 0 Å². The van der Waals surface area contributed by atoms with Gasteiger partial charge < -0.3 is 27.1 Å². The van der Waals surface area contributed by atoms with Gasteiger partial charge in [0.15, 0.2) is 0 Å². The van der Waals surface area contributed by atoms with Crippen LogP contribution in [0.5, 0.6) is 0 Å². The van der Waals surface area contributed by atoms with E-state index in [9.17, 15) is 0 Å². The van der Waals surface area contributed by atoms with Gasteiger partial charge >= 0.3 is 17.2 Å². The molecule has 0 radical (unpaired) electrons. The van der Waals surface area contributed by atoms with Gasteiger partial charge in [-0.05, 0) is 83.9 Å². The van der Waals surface area contributed by atoms with Gasteiger partial charge in [0.05, 0.1) is 44.1 Å². The molecule has 2 saturated heterocycles. The first-order chi connectivity index (χ1) is 18.8. The van der Waals surface area contributed by atoms with Crippen molar-refractivity contribution in [1.29, 1.82) is 0 Å². The maximum Gasteiger partial charge on any atom is 0.332 e. The lowest BCUT2D eigenvalue weighted by molar-refractivity contribution is -0.0990. The van der Waals surface area contributed by atoms with Gasteiger partial charge in [0.25, 0.3) is 0 Å². The minimum atomic E-state index is -1.37. The first-order valence-corrected chi connectivity index (χ1v) is 18.4. The normalized spacial score (nSPS) is 40.1. The van der Waals surface area contributed by atoms with E-state index in [1.807, 2.05) is 0 Å². The lowest BCUT2D eigenvalue weighted by Gasteiger charge is -2.48. The zero-order chi connectivity index (χ0) is 30.4. The SMILES string of the molecule is CC(C)(C)C1CCC(C(C)(C)C)C(OP2OCC3(CO2)COP(OC2CC(C(C)(C)C)CCC2C(C)(C)C)OC3)C1. The third-order valence-corrected chi connectivity index (χ3v) is 12.9. The maximum absolute atomic E-state index is 6.65. The monoisotopic (exact) mass is 616 g/mol. The van der Waals surface area contributed by atoms with Crippen LogP contribution in [0.1, 0.15) is 122 Å². The Morgan fingerprint density at radius 1 is 0.488 bits per heavy atom. The fourth-order valence-corrected chi connectivity index (χ4v) is 10.3. The molecule has 2 aliphatic carbocycles. The molecule has 0 aromatic rings. The molecule has 0 amide bonds. The van der Waals surface area contributed by atoms with Crippen molar-refractivity contribution in [1.82, 2.24) is 0 Å². The second-order valence-corrected chi connectivity index (χ2v) is 20.4. The van der Waals surface area contributed by atoms with E-state index in [0.29, 0.717) is 50.1 Å². The van der Waals surface area contributed by atoms with Gasteiger partial charge in [-0.3, -0.25) is 0 Å². The Labute approximate surface area is 255 Å². The summed E-state index contributed by atoms with van der Waals surface area (Å²) in [6.07, 6.45) is 7.40. The van der Waals surface area contributed by atoms with E-state index in [1.165, 1.54) is 25.7 Å². The van der Waals surface area contributed by atoms with Gasteiger partial charge in [-0.1, -0.05) is 83.1 Å². The lowest BCUT2D eigenvalue weighted by atomic mass is 9.63. The van der Waals surface area contributed by atoms with Crippen molar-refractivity contribution < 1.29 is 27.1 Å². The Bertz CT molecular complexity index is 764. The average molecular weight is 617 g/mol.